The molecular weight excluding hydrogens is 356 g/mol. The first-order valence-corrected chi connectivity index (χ1v) is 9.40. The van der Waals surface area contributed by atoms with Crippen molar-refractivity contribution in [1.82, 2.24) is 15.0 Å². The van der Waals surface area contributed by atoms with E-state index in [9.17, 15) is 4.79 Å². The van der Waals surface area contributed by atoms with Crippen LogP contribution in [0.5, 0.6) is 11.5 Å². The highest BCUT2D eigenvalue weighted by Crippen LogP contribution is 2.31. The molecule has 0 aliphatic carbocycles. The van der Waals surface area contributed by atoms with Crippen molar-refractivity contribution in [3.8, 4) is 17.2 Å². The number of para-hydroxylation sites is 1. The lowest BCUT2D eigenvalue weighted by molar-refractivity contribution is 0.102. The number of hydrogen-bond donors (Lipinski definition) is 1. The van der Waals surface area contributed by atoms with E-state index < -0.39 is 0 Å². The molecule has 2 aromatic carbocycles. The molecule has 0 aliphatic rings. The molecule has 1 heterocycles. The molecule has 0 radical (unpaired) electrons. The maximum absolute atomic E-state index is 12.5. The Kier molecular flexibility index (Phi) is 6.62. The van der Waals surface area contributed by atoms with Crippen LogP contribution in [-0.4, -0.2) is 34.1 Å². The fraction of sp³-hybridized carbons (Fsp3) is 0.286. The van der Waals surface area contributed by atoms with Gasteiger partial charge in [-0.1, -0.05) is 32.0 Å². The molecule has 7 heteroatoms. The second-order valence-electron chi connectivity index (χ2n) is 6.17. The quantitative estimate of drug-likeness (QED) is 0.605. The van der Waals surface area contributed by atoms with Gasteiger partial charge in [0.1, 0.15) is 0 Å². The second-order valence-corrected chi connectivity index (χ2v) is 6.17. The Morgan fingerprint density at radius 2 is 1.71 bits per heavy atom. The Bertz CT molecular complexity index is 909. The zero-order valence-corrected chi connectivity index (χ0v) is 16.1. The normalized spacial score (nSPS) is 10.5. The Labute approximate surface area is 164 Å². The van der Waals surface area contributed by atoms with Crippen LogP contribution in [0.1, 0.15) is 37.2 Å². The summed E-state index contributed by atoms with van der Waals surface area (Å²) in [5.41, 5.74) is 1.62. The molecule has 146 valence electrons. The average molecular weight is 380 g/mol. The third kappa shape index (κ3) is 4.88. The van der Waals surface area contributed by atoms with Crippen molar-refractivity contribution in [2.75, 3.05) is 18.5 Å². The predicted molar refractivity (Wildman–Crippen MR) is 107 cm³/mol. The van der Waals surface area contributed by atoms with Crippen LogP contribution >= 0.6 is 0 Å². The number of rotatable bonds is 9. The van der Waals surface area contributed by atoms with Gasteiger partial charge in [0.15, 0.2) is 17.2 Å². The van der Waals surface area contributed by atoms with E-state index in [0.29, 0.717) is 30.4 Å². The minimum Gasteiger partial charge on any atom is -0.490 e. The van der Waals surface area contributed by atoms with Crippen LogP contribution in [0.3, 0.4) is 0 Å². The lowest BCUT2D eigenvalue weighted by Gasteiger charge is -2.13. The van der Waals surface area contributed by atoms with Gasteiger partial charge in [-0.15, -0.1) is 5.10 Å². The summed E-state index contributed by atoms with van der Waals surface area (Å²) in [7, 11) is 0. The summed E-state index contributed by atoms with van der Waals surface area (Å²) in [6.07, 6.45) is 3.23. The fourth-order valence-electron chi connectivity index (χ4n) is 2.49. The van der Waals surface area contributed by atoms with Gasteiger partial charge in [0.2, 0.25) is 0 Å². The summed E-state index contributed by atoms with van der Waals surface area (Å²) in [6, 6.07) is 14.8. The summed E-state index contributed by atoms with van der Waals surface area (Å²) in [4.78, 5) is 14.0. The summed E-state index contributed by atoms with van der Waals surface area (Å²) < 4.78 is 11.5. The number of amides is 1. The van der Waals surface area contributed by atoms with Crippen LogP contribution in [-0.2, 0) is 0 Å². The van der Waals surface area contributed by atoms with Crippen molar-refractivity contribution in [3.05, 3.63) is 60.4 Å². The monoisotopic (exact) mass is 380 g/mol. The highest BCUT2D eigenvalue weighted by Gasteiger charge is 2.14. The van der Waals surface area contributed by atoms with Crippen molar-refractivity contribution in [2.45, 2.75) is 26.7 Å². The maximum atomic E-state index is 12.5. The van der Waals surface area contributed by atoms with Gasteiger partial charge in [-0.05, 0) is 37.1 Å². The van der Waals surface area contributed by atoms with Gasteiger partial charge in [-0.2, -0.15) is 9.90 Å². The molecule has 28 heavy (non-hydrogen) atoms. The number of benzene rings is 2. The van der Waals surface area contributed by atoms with Gasteiger partial charge in [0.25, 0.3) is 5.91 Å². The summed E-state index contributed by atoms with van der Waals surface area (Å²) in [5.74, 6) is 0.940. The van der Waals surface area contributed by atoms with Gasteiger partial charge in [-0.3, -0.25) is 4.79 Å². The average Bonchev–Trinajstić information content (AvgIpc) is 3.22. The number of carbonyl (C=O) groups is 1. The van der Waals surface area contributed by atoms with E-state index in [1.165, 1.54) is 11.0 Å². The third-order valence-electron chi connectivity index (χ3n) is 3.84. The van der Waals surface area contributed by atoms with Crippen molar-refractivity contribution in [1.29, 1.82) is 0 Å². The topological polar surface area (TPSA) is 78.3 Å². The number of carbonyl (C=O) groups excluding carboxylic acids is 1. The van der Waals surface area contributed by atoms with E-state index in [-0.39, 0.29) is 11.6 Å². The van der Waals surface area contributed by atoms with Crippen LogP contribution in [0.4, 0.5) is 5.69 Å². The Balaban J connectivity index is 1.73. The zero-order valence-electron chi connectivity index (χ0n) is 16.1. The molecule has 0 bridgehead atoms. The molecule has 1 N–H and O–H groups in total. The molecule has 7 nitrogen and oxygen atoms in total. The number of aromatic nitrogens is 3. The van der Waals surface area contributed by atoms with Crippen LogP contribution in [0.15, 0.2) is 54.7 Å². The maximum Gasteiger partial charge on any atom is 0.277 e. The van der Waals surface area contributed by atoms with Gasteiger partial charge in [-0.25, -0.2) is 0 Å². The highest BCUT2D eigenvalue weighted by atomic mass is 16.5. The molecule has 3 aromatic rings. The summed E-state index contributed by atoms with van der Waals surface area (Å²) in [5, 5.41) is 11.2. The zero-order chi connectivity index (χ0) is 19.8. The van der Waals surface area contributed by atoms with E-state index in [4.69, 9.17) is 9.47 Å². The number of nitrogens with zero attached hydrogens (tertiary/aromatic N) is 3. The lowest BCUT2D eigenvalue weighted by atomic mass is 10.2. The van der Waals surface area contributed by atoms with Crippen molar-refractivity contribution in [3.63, 3.8) is 0 Å². The SMILES string of the molecule is CCCOc1ccc(NC(=O)c2cnn(-c3ccccc3)n2)cc1OCCC. The molecule has 0 saturated carbocycles. The van der Waals surface area contributed by atoms with Gasteiger partial charge in [0.05, 0.1) is 25.1 Å². The number of nitrogens with one attached hydrogen (secondary N) is 1. The lowest BCUT2D eigenvalue weighted by Crippen LogP contribution is -2.13. The summed E-state index contributed by atoms with van der Waals surface area (Å²) >= 11 is 0. The van der Waals surface area contributed by atoms with Crippen molar-refractivity contribution >= 4 is 11.6 Å². The Hall–Kier alpha value is -3.35. The van der Waals surface area contributed by atoms with Crippen LogP contribution < -0.4 is 14.8 Å². The minimum atomic E-state index is -0.342. The molecule has 1 amide bonds. The Morgan fingerprint density at radius 3 is 2.43 bits per heavy atom. The standard InChI is InChI=1S/C21H24N4O3/c1-3-12-27-19-11-10-16(14-20(19)28-13-4-2)23-21(26)18-15-22-25(24-18)17-8-6-5-7-9-17/h5-11,14-15H,3-4,12-13H2,1-2H3,(H,23,26). The first-order chi connectivity index (χ1) is 13.7. The first kappa shape index (κ1) is 19.4. The van der Waals surface area contributed by atoms with E-state index in [2.05, 4.69) is 15.5 Å². The van der Waals surface area contributed by atoms with Gasteiger partial charge >= 0.3 is 0 Å². The summed E-state index contributed by atoms with van der Waals surface area (Å²) in [6.45, 7) is 5.26. The molecule has 0 saturated heterocycles. The fourth-order valence-corrected chi connectivity index (χ4v) is 2.49. The molecule has 0 unspecified atom stereocenters. The van der Waals surface area contributed by atoms with E-state index in [1.807, 2.05) is 44.2 Å². The molecule has 3 rings (SSSR count). The van der Waals surface area contributed by atoms with Crippen LogP contribution in [0.25, 0.3) is 5.69 Å². The molecule has 0 spiro atoms. The second kappa shape index (κ2) is 9.55. The molecule has 1 aromatic heterocycles. The van der Waals surface area contributed by atoms with E-state index in [1.54, 1.807) is 18.2 Å². The number of ether oxygens (including phenoxy) is 2. The molecule has 0 fully saturated rings. The van der Waals surface area contributed by atoms with E-state index >= 15 is 0 Å². The number of hydrogen-bond acceptors (Lipinski definition) is 5. The smallest absolute Gasteiger partial charge is 0.277 e. The first-order valence-electron chi connectivity index (χ1n) is 9.40. The van der Waals surface area contributed by atoms with E-state index in [0.717, 1.165) is 18.5 Å². The van der Waals surface area contributed by atoms with Crippen molar-refractivity contribution < 1.29 is 14.3 Å². The minimum absolute atomic E-state index is 0.228. The molecule has 0 atom stereocenters. The largest absolute Gasteiger partial charge is 0.490 e. The Morgan fingerprint density at radius 1 is 1.00 bits per heavy atom. The third-order valence-corrected chi connectivity index (χ3v) is 3.84. The van der Waals surface area contributed by atoms with Crippen LogP contribution in [0.2, 0.25) is 0 Å². The van der Waals surface area contributed by atoms with Crippen molar-refractivity contribution in [2.24, 2.45) is 0 Å². The molecular formula is C21H24N4O3. The van der Waals surface area contributed by atoms with Gasteiger partial charge < -0.3 is 14.8 Å². The number of anilines is 1. The molecule has 0 aliphatic heterocycles. The predicted octanol–water partition coefficient (Wildman–Crippen LogP) is 4.10. The van der Waals surface area contributed by atoms with Gasteiger partial charge in [0, 0.05) is 11.8 Å². The van der Waals surface area contributed by atoms with Crippen LogP contribution in [0, 0.1) is 0 Å². The highest BCUT2D eigenvalue weighted by molar-refractivity contribution is 6.02.